The SMILES string of the molecule is Cc1nc(N2CCC3(CCc4c3nc(C(C)(C)C)[nH]c4=O)CC2)no1. The molecule has 0 bridgehead atoms. The van der Waals surface area contributed by atoms with Crippen molar-refractivity contribution in [3.05, 3.63) is 33.3 Å². The van der Waals surface area contributed by atoms with Crippen LogP contribution in [0.1, 0.15) is 63.0 Å². The third kappa shape index (κ3) is 2.65. The van der Waals surface area contributed by atoms with E-state index in [1.165, 1.54) is 0 Å². The summed E-state index contributed by atoms with van der Waals surface area (Å²) in [5.74, 6) is 2.04. The monoisotopic (exact) mass is 343 g/mol. The van der Waals surface area contributed by atoms with Crippen LogP contribution in [0.2, 0.25) is 0 Å². The third-order valence-corrected chi connectivity index (χ3v) is 5.60. The number of aryl methyl sites for hydroxylation is 1. The Balaban J connectivity index is 1.64. The first-order valence-corrected chi connectivity index (χ1v) is 8.98. The molecule has 0 aromatic carbocycles. The van der Waals surface area contributed by atoms with Gasteiger partial charge in [0.2, 0.25) is 5.89 Å². The molecule has 3 heterocycles. The Labute approximate surface area is 146 Å². The van der Waals surface area contributed by atoms with Crippen molar-refractivity contribution in [3.63, 3.8) is 0 Å². The molecule has 0 radical (unpaired) electrons. The summed E-state index contributed by atoms with van der Waals surface area (Å²) < 4.78 is 5.10. The Kier molecular flexibility index (Phi) is 3.53. The summed E-state index contributed by atoms with van der Waals surface area (Å²) in [5, 5.41) is 4.03. The largest absolute Gasteiger partial charge is 0.338 e. The van der Waals surface area contributed by atoms with Gasteiger partial charge in [-0.2, -0.15) is 4.98 Å². The number of fused-ring (bicyclic) bond motifs is 2. The van der Waals surface area contributed by atoms with Crippen LogP contribution < -0.4 is 10.5 Å². The molecule has 2 aromatic rings. The lowest BCUT2D eigenvalue weighted by Crippen LogP contribution is -2.43. The maximum atomic E-state index is 12.6. The van der Waals surface area contributed by atoms with Crippen LogP contribution in [0.25, 0.3) is 0 Å². The van der Waals surface area contributed by atoms with Gasteiger partial charge >= 0.3 is 0 Å². The smallest absolute Gasteiger partial charge is 0.266 e. The molecule has 1 saturated heterocycles. The predicted octanol–water partition coefficient (Wildman–Crippen LogP) is 2.24. The molecule has 0 saturated carbocycles. The number of H-pyrrole nitrogens is 1. The number of aromatic amines is 1. The number of anilines is 1. The molecule has 0 unspecified atom stereocenters. The molecule has 25 heavy (non-hydrogen) atoms. The summed E-state index contributed by atoms with van der Waals surface area (Å²) in [6.07, 6.45) is 3.76. The van der Waals surface area contributed by atoms with E-state index in [2.05, 4.69) is 40.8 Å². The standard InChI is InChI=1S/C18H25N5O2/c1-11-19-16(22-25-11)23-9-7-18(8-10-23)6-5-12-13(18)20-15(17(2,3)4)21-14(12)24/h5-10H2,1-4H3,(H,20,21,24). The minimum Gasteiger partial charge on any atom is -0.338 e. The van der Waals surface area contributed by atoms with Crippen molar-refractivity contribution in [1.29, 1.82) is 0 Å². The summed E-state index contributed by atoms with van der Waals surface area (Å²) in [6, 6.07) is 0. The highest BCUT2D eigenvalue weighted by Gasteiger charge is 2.44. The van der Waals surface area contributed by atoms with Gasteiger partial charge in [0.25, 0.3) is 11.5 Å². The van der Waals surface area contributed by atoms with Gasteiger partial charge in [-0.15, -0.1) is 0 Å². The summed E-state index contributed by atoms with van der Waals surface area (Å²) in [7, 11) is 0. The van der Waals surface area contributed by atoms with E-state index in [0.717, 1.165) is 55.9 Å². The molecule has 1 N–H and O–H groups in total. The predicted molar refractivity (Wildman–Crippen MR) is 94.0 cm³/mol. The van der Waals surface area contributed by atoms with Crippen LogP contribution in [-0.4, -0.2) is 33.2 Å². The molecule has 1 fully saturated rings. The Morgan fingerprint density at radius 1 is 1.16 bits per heavy atom. The van der Waals surface area contributed by atoms with E-state index in [4.69, 9.17) is 9.51 Å². The van der Waals surface area contributed by atoms with Crippen molar-refractivity contribution in [1.82, 2.24) is 20.1 Å². The van der Waals surface area contributed by atoms with Crippen molar-refractivity contribution in [2.24, 2.45) is 0 Å². The lowest BCUT2D eigenvalue weighted by atomic mass is 9.76. The highest BCUT2D eigenvalue weighted by molar-refractivity contribution is 5.37. The van der Waals surface area contributed by atoms with Crippen LogP contribution in [0.3, 0.4) is 0 Å². The second-order valence-electron chi connectivity index (χ2n) is 8.37. The minimum atomic E-state index is -0.166. The third-order valence-electron chi connectivity index (χ3n) is 5.60. The maximum Gasteiger partial charge on any atom is 0.266 e. The van der Waals surface area contributed by atoms with Gasteiger partial charge in [-0.1, -0.05) is 20.8 Å². The van der Waals surface area contributed by atoms with Crippen LogP contribution in [0.15, 0.2) is 9.32 Å². The van der Waals surface area contributed by atoms with Gasteiger partial charge in [-0.25, -0.2) is 4.98 Å². The Bertz CT molecular complexity index is 853. The lowest BCUT2D eigenvalue weighted by Gasteiger charge is -2.39. The van der Waals surface area contributed by atoms with E-state index in [1.807, 2.05) is 0 Å². The lowest BCUT2D eigenvalue weighted by molar-refractivity contribution is 0.316. The van der Waals surface area contributed by atoms with Crippen LogP contribution in [0, 0.1) is 6.92 Å². The summed E-state index contributed by atoms with van der Waals surface area (Å²) >= 11 is 0. The van der Waals surface area contributed by atoms with Gasteiger partial charge in [0.05, 0.1) is 5.69 Å². The number of nitrogens with zero attached hydrogens (tertiary/aromatic N) is 4. The van der Waals surface area contributed by atoms with Crippen LogP contribution >= 0.6 is 0 Å². The van der Waals surface area contributed by atoms with E-state index < -0.39 is 0 Å². The van der Waals surface area contributed by atoms with Crippen molar-refractivity contribution in [3.8, 4) is 0 Å². The molecule has 2 aliphatic rings. The molecule has 7 heteroatoms. The van der Waals surface area contributed by atoms with Gasteiger partial charge in [0.1, 0.15) is 5.82 Å². The second-order valence-corrected chi connectivity index (χ2v) is 8.37. The zero-order chi connectivity index (χ0) is 17.8. The van der Waals surface area contributed by atoms with Crippen LogP contribution in [0.4, 0.5) is 5.95 Å². The zero-order valence-corrected chi connectivity index (χ0v) is 15.3. The zero-order valence-electron chi connectivity index (χ0n) is 15.3. The number of nitrogens with one attached hydrogen (secondary N) is 1. The number of hydrogen-bond donors (Lipinski definition) is 1. The minimum absolute atomic E-state index is 0.0128. The molecule has 1 aliphatic carbocycles. The topological polar surface area (TPSA) is 87.9 Å². The first kappa shape index (κ1) is 16.3. The first-order chi connectivity index (χ1) is 11.8. The van der Waals surface area contributed by atoms with Gasteiger partial charge < -0.3 is 14.4 Å². The van der Waals surface area contributed by atoms with Crippen LogP contribution in [0.5, 0.6) is 0 Å². The highest BCUT2D eigenvalue weighted by atomic mass is 16.5. The van der Waals surface area contributed by atoms with E-state index in [0.29, 0.717) is 11.8 Å². The quantitative estimate of drug-likeness (QED) is 0.854. The maximum absolute atomic E-state index is 12.6. The van der Waals surface area contributed by atoms with Gasteiger partial charge in [-0.05, 0) is 30.8 Å². The number of rotatable bonds is 1. The molecule has 0 amide bonds. The van der Waals surface area contributed by atoms with Gasteiger partial charge in [-0.3, -0.25) is 4.79 Å². The van der Waals surface area contributed by atoms with Crippen molar-refractivity contribution < 1.29 is 4.52 Å². The molecule has 1 spiro atoms. The summed E-state index contributed by atoms with van der Waals surface area (Å²) in [6.45, 7) is 9.77. The second kappa shape index (κ2) is 5.41. The molecule has 134 valence electrons. The van der Waals surface area contributed by atoms with E-state index >= 15 is 0 Å². The Morgan fingerprint density at radius 2 is 1.88 bits per heavy atom. The molecule has 0 atom stereocenters. The van der Waals surface area contributed by atoms with E-state index in [-0.39, 0.29) is 16.4 Å². The highest BCUT2D eigenvalue weighted by Crippen LogP contribution is 2.45. The molecule has 2 aromatic heterocycles. The van der Waals surface area contributed by atoms with E-state index in [1.54, 1.807) is 6.92 Å². The number of hydrogen-bond acceptors (Lipinski definition) is 6. The van der Waals surface area contributed by atoms with Gasteiger partial charge in [0.15, 0.2) is 0 Å². The van der Waals surface area contributed by atoms with Gasteiger partial charge in [0, 0.05) is 36.4 Å². The fourth-order valence-corrected chi connectivity index (χ4v) is 4.04. The Morgan fingerprint density at radius 3 is 2.48 bits per heavy atom. The van der Waals surface area contributed by atoms with Crippen molar-refractivity contribution in [2.75, 3.05) is 18.0 Å². The van der Waals surface area contributed by atoms with Crippen LogP contribution in [-0.2, 0) is 17.3 Å². The normalized spacial score (nSPS) is 19.4. The molecular formula is C18H25N5O2. The molecule has 1 aliphatic heterocycles. The van der Waals surface area contributed by atoms with Crippen molar-refractivity contribution in [2.45, 2.75) is 64.2 Å². The fraction of sp³-hybridized carbons (Fsp3) is 0.667. The molecule has 4 rings (SSSR count). The number of piperidine rings is 1. The average molecular weight is 343 g/mol. The van der Waals surface area contributed by atoms with Crippen molar-refractivity contribution >= 4 is 5.95 Å². The fourth-order valence-electron chi connectivity index (χ4n) is 4.04. The summed E-state index contributed by atoms with van der Waals surface area (Å²) in [5.41, 5.74) is 1.81. The van der Waals surface area contributed by atoms with E-state index in [9.17, 15) is 4.79 Å². The first-order valence-electron chi connectivity index (χ1n) is 8.98. The Hall–Kier alpha value is -2.18. The average Bonchev–Trinajstić information content (AvgIpc) is 3.13. The molecular weight excluding hydrogens is 318 g/mol. The number of aromatic nitrogens is 4. The summed E-state index contributed by atoms with van der Waals surface area (Å²) in [4.78, 5) is 27.0. The molecule has 7 nitrogen and oxygen atoms in total.